The standard InChI is InChI=1S/C16H23NS/c1-4-5-6-10-18-16-9-7-8-15(11-16)13-17-12-14(2)3/h7-9,11,14,17H,6,10,12-13H2,1-3H3. The third-order valence-electron chi connectivity index (χ3n) is 2.45. The van der Waals surface area contributed by atoms with E-state index in [1.165, 1.54) is 10.5 Å². The number of nitrogens with one attached hydrogen (secondary N) is 1. The van der Waals surface area contributed by atoms with Gasteiger partial charge in [-0.3, -0.25) is 0 Å². The molecule has 0 amide bonds. The number of hydrogen-bond acceptors (Lipinski definition) is 2. The van der Waals surface area contributed by atoms with Crippen LogP contribution in [0, 0.1) is 17.8 Å². The zero-order chi connectivity index (χ0) is 13.2. The predicted octanol–water partition coefficient (Wildman–Crippen LogP) is 3.94. The van der Waals surface area contributed by atoms with E-state index in [0.717, 1.165) is 25.3 Å². The van der Waals surface area contributed by atoms with E-state index >= 15 is 0 Å². The average molecular weight is 261 g/mol. The maximum Gasteiger partial charge on any atom is 0.0206 e. The fourth-order valence-electron chi connectivity index (χ4n) is 1.60. The average Bonchev–Trinajstić information content (AvgIpc) is 2.35. The highest BCUT2D eigenvalue weighted by molar-refractivity contribution is 7.99. The first-order valence-electron chi connectivity index (χ1n) is 6.54. The SMILES string of the molecule is CC#CCCSc1cccc(CNCC(C)C)c1. The highest BCUT2D eigenvalue weighted by atomic mass is 32.2. The highest BCUT2D eigenvalue weighted by Crippen LogP contribution is 2.19. The number of thioether (sulfide) groups is 1. The molecule has 1 aromatic carbocycles. The molecule has 1 nitrogen and oxygen atoms in total. The highest BCUT2D eigenvalue weighted by Gasteiger charge is 1.98. The van der Waals surface area contributed by atoms with Crippen molar-refractivity contribution in [1.29, 1.82) is 0 Å². The summed E-state index contributed by atoms with van der Waals surface area (Å²) < 4.78 is 0. The van der Waals surface area contributed by atoms with E-state index in [1.807, 2.05) is 18.7 Å². The summed E-state index contributed by atoms with van der Waals surface area (Å²) in [4.78, 5) is 1.34. The quantitative estimate of drug-likeness (QED) is 0.453. The summed E-state index contributed by atoms with van der Waals surface area (Å²) in [6.45, 7) is 8.39. The fourth-order valence-corrected chi connectivity index (χ4v) is 2.44. The van der Waals surface area contributed by atoms with Gasteiger partial charge >= 0.3 is 0 Å². The molecular weight excluding hydrogens is 238 g/mol. The van der Waals surface area contributed by atoms with Crippen molar-refractivity contribution in [3.63, 3.8) is 0 Å². The molecule has 0 heterocycles. The summed E-state index contributed by atoms with van der Waals surface area (Å²) >= 11 is 1.88. The summed E-state index contributed by atoms with van der Waals surface area (Å²) in [5, 5.41) is 3.47. The molecule has 1 rings (SSSR count). The zero-order valence-electron chi connectivity index (χ0n) is 11.6. The van der Waals surface area contributed by atoms with Gasteiger partial charge in [-0.05, 0) is 37.1 Å². The van der Waals surface area contributed by atoms with Crippen LogP contribution in [0.15, 0.2) is 29.2 Å². The minimum Gasteiger partial charge on any atom is -0.312 e. The lowest BCUT2D eigenvalue weighted by Gasteiger charge is -2.08. The summed E-state index contributed by atoms with van der Waals surface area (Å²) in [7, 11) is 0. The first-order valence-corrected chi connectivity index (χ1v) is 7.53. The summed E-state index contributed by atoms with van der Waals surface area (Å²) in [5.41, 5.74) is 1.36. The molecular formula is C16H23NS. The van der Waals surface area contributed by atoms with Crippen molar-refractivity contribution in [2.45, 2.75) is 38.6 Å². The van der Waals surface area contributed by atoms with Crippen LogP contribution in [0.3, 0.4) is 0 Å². The molecule has 2 heteroatoms. The van der Waals surface area contributed by atoms with Crippen molar-refractivity contribution in [3.05, 3.63) is 29.8 Å². The maximum atomic E-state index is 3.47. The molecule has 1 N–H and O–H groups in total. The van der Waals surface area contributed by atoms with Gasteiger partial charge in [-0.25, -0.2) is 0 Å². The lowest BCUT2D eigenvalue weighted by Crippen LogP contribution is -2.18. The Labute approximate surface area is 116 Å². The third kappa shape index (κ3) is 6.74. The van der Waals surface area contributed by atoms with E-state index in [-0.39, 0.29) is 0 Å². The summed E-state index contributed by atoms with van der Waals surface area (Å²) in [6.07, 6.45) is 0.969. The van der Waals surface area contributed by atoms with E-state index in [9.17, 15) is 0 Å². The van der Waals surface area contributed by atoms with Crippen LogP contribution in [0.5, 0.6) is 0 Å². The Bertz CT molecular complexity index is 401. The maximum absolute atomic E-state index is 3.47. The number of benzene rings is 1. The first-order chi connectivity index (χ1) is 8.72. The molecule has 0 fully saturated rings. The molecule has 0 aliphatic carbocycles. The molecule has 0 aromatic heterocycles. The van der Waals surface area contributed by atoms with Crippen molar-refractivity contribution >= 4 is 11.8 Å². The lowest BCUT2D eigenvalue weighted by atomic mass is 10.2. The molecule has 0 aliphatic heterocycles. The van der Waals surface area contributed by atoms with E-state index in [1.54, 1.807) is 0 Å². The monoisotopic (exact) mass is 261 g/mol. The van der Waals surface area contributed by atoms with Crippen molar-refractivity contribution in [2.75, 3.05) is 12.3 Å². The van der Waals surface area contributed by atoms with Crippen molar-refractivity contribution in [2.24, 2.45) is 5.92 Å². The minimum absolute atomic E-state index is 0.704. The Morgan fingerprint density at radius 3 is 2.89 bits per heavy atom. The van der Waals surface area contributed by atoms with Crippen LogP contribution >= 0.6 is 11.8 Å². The van der Waals surface area contributed by atoms with Gasteiger partial charge in [0.05, 0.1) is 0 Å². The van der Waals surface area contributed by atoms with Crippen LogP contribution < -0.4 is 5.32 Å². The van der Waals surface area contributed by atoms with Crippen LogP contribution in [-0.2, 0) is 6.54 Å². The molecule has 1 aromatic rings. The van der Waals surface area contributed by atoms with Crippen LogP contribution in [0.25, 0.3) is 0 Å². The fraction of sp³-hybridized carbons (Fsp3) is 0.500. The van der Waals surface area contributed by atoms with Gasteiger partial charge in [0.25, 0.3) is 0 Å². The number of hydrogen-bond donors (Lipinski definition) is 1. The number of rotatable bonds is 7. The molecule has 98 valence electrons. The van der Waals surface area contributed by atoms with Gasteiger partial charge in [-0.15, -0.1) is 23.6 Å². The van der Waals surface area contributed by atoms with Crippen molar-refractivity contribution in [1.82, 2.24) is 5.32 Å². The Kier molecular flexibility index (Phi) is 7.64. The Morgan fingerprint density at radius 2 is 2.17 bits per heavy atom. The van der Waals surface area contributed by atoms with Crippen molar-refractivity contribution < 1.29 is 0 Å². The second-order valence-corrected chi connectivity index (χ2v) is 5.87. The minimum atomic E-state index is 0.704. The largest absolute Gasteiger partial charge is 0.312 e. The Morgan fingerprint density at radius 1 is 1.33 bits per heavy atom. The van der Waals surface area contributed by atoms with E-state index < -0.39 is 0 Å². The molecule has 0 atom stereocenters. The second kappa shape index (κ2) is 9.08. The topological polar surface area (TPSA) is 12.0 Å². The van der Waals surface area contributed by atoms with Crippen LogP contribution in [-0.4, -0.2) is 12.3 Å². The van der Waals surface area contributed by atoms with E-state index in [4.69, 9.17) is 0 Å². The Balaban J connectivity index is 2.38. The Hall–Kier alpha value is -0.910. The lowest BCUT2D eigenvalue weighted by molar-refractivity contribution is 0.552. The summed E-state index contributed by atoms with van der Waals surface area (Å²) in [6, 6.07) is 8.77. The van der Waals surface area contributed by atoms with Gasteiger partial charge in [0.1, 0.15) is 0 Å². The molecule has 0 unspecified atom stereocenters. The van der Waals surface area contributed by atoms with Gasteiger partial charge in [0, 0.05) is 23.6 Å². The first kappa shape index (κ1) is 15.1. The van der Waals surface area contributed by atoms with Gasteiger partial charge in [0.2, 0.25) is 0 Å². The normalized spacial score (nSPS) is 10.2. The molecule has 0 bridgehead atoms. The smallest absolute Gasteiger partial charge is 0.0206 e. The summed E-state index contributed by atoms with van der Waals surface area (Å²) in [5.74, 6) is 7.80. The van der Waals surface area contributed by atoms with Gasteiger partial charge in [-0.1, -0.05) is 26.0 Å². The zero-order valence-corrected chi connectivity index (χ0v) is 12.4. The van der Waals surface area contributed by atoms with Crippen LogP contribution in [0.2, 0.25) is 0 Å². The van der Waals surface area contributed by atoms with Gasteiger partial charge in [0.15, 0.2) is 0 Å². The predicted molar refractivity (Wildman–Crippen MR) is 81.8 cm³/mol. The van der Waals surface area contributed by atoms with Crippen LogP contribution in [0.4, 0.5) is 0 Å². The van der Waals surface area contributed by atoms with Gasteiger partial charge in [-0.2, -0.15) is 0 Å². The molecule has 0 radical (unpaired) electrons. The van der Waals surface area contributed by atoms with Crippen LogP contribution in [0.1, 0.15) is 32.8 Å². The molecule has 0 saturated carbocycles. The molecule has 0 saturated heterocycles. The van der Waals surface area contributed by atoms with E-state index in [2.05, 4.69) is 55.3 Å². The van der Waals surface area contributed by atoms with Gasteiger partial charge < -0.3 is 5.32 Å². The molecule has 18 heavy (non-hydrogen) atoms. The third-order valence-corrected chi connectivity index (χ3v) is 3.45. The van der Waals surface area contributed by atoms with E-state index in [0.29, 0.717) is 5.92 Å². The second-order valence-electron chi connectivity index (χ2n) is 4.70. The molecule has 0 aliphatic rings. The van der Waals surface area contributed by atoms with Crippen molar-refractivity contribution in [3.8, 4) is 11.8 Å². The molecule has 0 spiro atoms.